The second kappa shape index (κ2) is 57.5. The Morgan fingerprint density at radius 3 is 0.810 bits per heavy atom. The van der Waals surface area contributed by atoms with Crippen molar-refractivity contribution in [3.8, 4) is 0 Å². The molecule has 0 aliphatic rings. The fourth-order valence-corrected chi connectivity index (χ4v) is 11.3. The van der Waals surface area contributed by atoms with Crippen LogP contribution in [-0.2, 0) is 65.4 Å². The van der Waals surface area contributed by atoms with Crippen molar-refractivity contribution in [1.82, 2.24) is 0 Å². The lowest BCUT2D eigenvalue weighted by molar-refractivity contribution is -0.161. The average molecular weight is 1240 g/mol. The first-order valence-electron chi connectivity index (χ1n) is 34.0. The number of unbranched alkanes of at least 4 members (excludes halogenated alkanes) is 34. The van der Waals surface area contributed by atoms with Crippen molar-refractivity contribution in [1.29, 1.82) is 0 Å². The molecule has 0 fully saturated rings. The highest BCUT2D eigenvalue weighted by Crippen LogP contribution is 2.45. The van der Waals surface area contributed by atoms with E-state index in [1.54, 1.807) is 0 Å². The fourth-order valence-electron chi connectivity index (χ4n) is 9.71. The van der Waals surface area contributed by atoms with Crippen LogP contribution in [0.1, 0.15) is 324 Å². The highest BCUT2D eigenvalue weighted by Gasteiger charge is 2.30. The van der Waals surface area contributed by atoms with Crippen LogP contribution in [-0.4, -0.2) is 96.7 Å². The van der Waals surface area contributed by atoms with Crippen molar-refractivity contribution < 1.29 is 80.2 Å². The molecule has 3 N–H and O–H groups in total. The molecule has 17 nitrogen and oxygen atoms in total. The summed E-state index contributed by atoms with van der Waals surface area (Å²) in [5, 5.41) is 10.5. The minimum Gasteiger partial charge on any atom is -0.462 e. The molecule has 0 aromatic heterocycles. The molecule has 0 bridgehead atoms. The minimum absolute atomic E-state index is 0.101. The van der Waals surface area contributed by atoms with Crippen LogP contribution in [0, 0.1) is 11.8 Å². The Morgan fingerprint density at radius 1 is 0.321 bits per heavy atom. The molecule has 19 heteroatoms. The predicted octanol–water partition coefficient (Wildman–Crippen LogP) is 18.0. The molecule has 0 aromatic rings. The lowest BCUT2D eigenvalue weighted by atomic mass is 10.0. The topological polar surface area (TPSA) is 237 Å². The van der Waals surface area contributed by atoms with E-state index in [4.69, 9.17) is 37.0 Å². The van der Waals surface area contributed by atoms with Crippen LogP contribution in [0.3, 0.4) is 0 Å². The summed E-state index contributed by atoms with van der Waals surface area (Å²) in [6, 6.07) is 0. The summed E-state index contributed by atoms with van der Waals surface area (Å²) in [5.41, 5.74) is 0. The number of esters is 4. The molecule has 2 unspecified atom stereocenters. The highest BCUT2D eigenvalue weighted by atomic mass is 31.2. The Balaban J connectivity index is 5.20. The third kappa shape index (κ3) is 59.0. The molecule has 0 heterocycles. The summed E-state index contributed by atoms with van der Waals surface area (Å²) in [5.74, 6) is -0.789. The average Bonchev–Trinajstić information content (AvgIpc) is 3.47. The number of aliphatic hydroxyl groups is 1. The maximum Gasteiger partial charge on any atom is 0.472 e. The summed E-state index contributed by atoms with van der Waals surface area (Å²) in [6.07, 6.45) is 40.6. The molecule has 0 amide bonds. The number of hydrogen-bond acceptors (Lipinski definition) is 15. The molecule has 0 rings (SSSR count). The van der Waals surface area contributed by atoms with Crippen LogP contribution >= 0.6 is 15.6 Å². The lowest BCUT2D eigenvalue weighted by Gasteiger charge is -2.21. The van der Waals surface area contributed by atoms with Gasteiger partial charge in [-0.3, -0.25) is 37.3 Å². The number of aliphatic hydroxyl groups excluding tert-OH is 1. The number of phosphoric acid groups is 2. The predicted molar refractivity (Wildman–Crippen MR) is 335 cm³/mol. The maximum atomic E-state index is 13.0. The summed E-state index contributed by atoms with van der Waals surface area (Å²) in [7, 11) is -9.89. The van der Waals surface area contributed by atoms with Crippen molar-refractivity contribution in [2.45, 2.75) is 342 Å². The first kappa shape index (κ1) is 82.1. The number of carbonyl (C=O) groups excluding carboxylic acids is 4. The summed E-state index contributed by atoms with van der Waals surface area (Å²) >= 11 is 0. The van der Waals surface area contributed by atoms with Gasteiger partial charge < -0.3 is 33.8 Å². The van der Waals surface area contributed by atoms with Crippen LogP contribution in [0.4, 0.5) is 0 Å². The quantitative estimate of drug-likeness (QED) is 0.0222. The highest BCUT2D eigenvalue weighted by molar-refractivity contribution is 7.47. The molecule has 84 heavy (non-hydrogen) atoms. The maximum absolute atomic E-state index is 13.0. The van der Waals surface area contributed by atoms with Gasteiger partial charge in [-0.2, -0.15) is 0 Å². The SMILES string of the molecule is CCCCCCCCCCCCCCCCCCC(=O)O[C@H](COC(=O)CCCCCCCCCCCC)COP(=O)(O)OC[C@@H](O)COP(=O)(O)OC[C@@H](COC(=O)CCCCCCCCC(C)C)OC(=O)CCCCCCCCC(C)C. The van der Waals surface area contributed by atoms with E-state index in [0.717, 1.165) is 96.3 Å². The third-order valence-electron chi connectivity index (χ3n) is 15.0. The van der Waals surface area contributed by atoms with Crippen molar-refractivity contribution >= 4 is 39.5 Å². The van der Waals surface area contributed by atoms with Crippen LogP contribution in [0.2, 0.25) is 0 Å². The fraction of sp³-hybridized carbons (Fsp3) is 0.938. The first-order chi connectivity index (χ1) is 40.4. The Morgan fingerprint density at radius 2 is 0.548 bits per heavy atom. The van der Waals surface area contributed by atoms with E-state index in [2.05, 4.69) is 41.5 Å². The number of carbonyl (C=O) groups is 4. The summed E-state index contributed by atoms with van der Waals surface area (Å²) < 4.78 is 68.0. The number of hydrogen-bond donors (Lipinski definition) is 3. The third-order valence-corrected chi connectivity index (χ3v) is 16.9. The molecule has 0 aromatic carbocycles. The van der Waals surface area contributed by atoms with Gasteiger partial charge in [0.1, 0.15) is 19.3 Å². The molecule has 0 saturated heterocycles. The van der Waals surface area contributed by atoms with Gasteiger partial charge in [0, 0.05) is 25.7 Å². The largest absolute Gasteiger partial charge is 0.472 e. The van der Waals surface area contributed by atoms with E-state index in [-0.39, 0.29) is 25.7 Å². The summed E-state index contributed by atoms with van der Waals surface area (Å²) in [6.45, 7) is 9.32. The normalized spacial score (nSPS) is 14.3. The van der Waals surface area contributed by atoms with Gasteiger partial charge in [-0.05, 0) is 37.5 Å². The van der Waals surface area contributed by atoms with E-state index < -0.39 is 97.5 Å². The van der Waals surface area contributed by atoms with Crippen LogP contribution in [0.5, 0.6) is 0 Å². The van der Waals surface area contributed by atoms with E-state index in [1.807, 2.05) is 0 Å². The molecule has 0 aliphatic carbocycles. The van der Waals surface area contributed by atoms with E-state index in [9.17, 15) is 43.2 Å². The Kier molecular flexibility index (Phi) is 56.2. The molecule has 498 valence electrons. The Labute approximate surface area is 511 Å². The van der Waals surface area contributed by atoms with E-state index in [0.29, 0.717) is 37.5 Å². The lowest BCUT2D eigenvalue weighted by Crippen LogP contribution is -2.30. The zero-order valence-corrected chi connectivity index (χ0v) is 56.0. The molecular weight excluding hydrogens is 1110 g/mol. The van der Waals surface area contributed by atoms with Gasteiger partial charge in [-0.1, -0.05) is 273 Å². The van der Waals surface area contributed by atoms with Gasteiger partial charge in [-0.25, -0.2) is 9.13 Å². The minimum atomic E-state index is -4.94. The van der Waals surface area contributed by atoms with Crippen molar-refractivity contribution in [3.05, 3.63) is 0 Å². The summed E-state index contributed by atoms with van der Waals surface area (Å²) in [4.78, 5) is 72.2. The smallest absolute Gasteiger partial charge is 0.462 e. The van der Waals surface area contributed by atoms with Gasteiger partial charge in [0.05, 0.1) is 26.4 Å². The van der Waals surface area contributed by atoms with E-state index >= 15 is 0 Å². The Bertz CT molecular complexity index is 1650. The van der Waals surface area contributed by atoms with Crippen LogP contribution in [0.15, 0.2) is 0 Å². The molecule has 0 spiro atoms. The number of ether oxygens (including phenoxy) is 4. The van der Waals surface area contributed by atoms with E-state index in [1.165, 1.54) is 135 Å². The van der Waals surface area contributed by atoms with Crippen LogP contribution in [0.25, 0.3) is 0 Å². The Hall–Kier alpha value is -1.94. The van der Waals surface area contributed by atoms with Crippen LogP contribution < -0.4 is 0 Å². The molecular formula is C65H126O17P2. The van der Waals surface area contributed by atoms with Gasteiger partial charge >= 0.3 is 39.5 Å². The first-order valence-corrected chi connectivity index (χ1v) is 37.0. The second-order valence-electron chi connectivity index (χ2n) is 24.5. The van der Waals surface area contributed by atoms with Crippen molar-refractivity contribution in [2.24, 2.45) is 11.8 Å². The molecule has 0 saturated carbocycles. The molecule has 0 radical (unpaired) electrons. The van der Waals surface area contributed by atoms with Crippen molar-refractivity contribution in [3.63, 3.8) is 0 Å². The van der Waals surface area contributed by atoms with Crippen molar-refractivity contribution in [2.75, 3.05) is 39.6 Å². The van der Waals surface area contributed by atoms with Gasteiger partial charge in [0.25, 0.3) is 0 Å². The molecule has 0 aliphatic heterocycles. The second-order valence-corrected chi connectivity index (χ2v) is 27.4. The van der Waals surface area contributed by atoms with Gasteiger partial charge in [-0.15, -0.1) is 0 Å². The monoisotopic (exact) mass is 1240 g/mol. The molecule has 5 atom stereocenters. The standard InChI is InChI=1S/C65H126O17P2/c1-7-9-11-13-15-17-19-20-21-22-23-24-26-28-37-43-49-64(69)81-60(53-75-62(67)47-41-35-27-25-18-16-14-12-10-8-2)55-79-83(71,72)77-51-59(66)52-78-84(73,74)80-56-61(82-65(70)50-44-38-32-30-34-40-46-58(5)6)54-76-63(68)48-42-36-31-29-33-39-45-57(3)4/h57-61,66H,7-56H2,1-6H3,(H,71,72)(H,73,74)/t59-,60-,61-/m1/s1. The number of rotatable bonds is 64. The van der Waals surface area contributed by atoms with Gasteiger partial charge in [0.2, 0.25) is 0 Å². The zero-order chi connectivity index (χ0) is 62.2. The zero-order valence-electron chi connectivity index (χ0n) is 54.2. The van der Waals surface area contributed by atoms with Gasteiger partial charge in [0.15, 0.2) is 12.2 Å². The number of phosphoric ester groups is 2.